The molecule has 0 saturated heterocycles. The van der Waals surface area contributed by atoms with Crippen molar-refractivity contribution in [2.24, 2.45) is 0 Å². The van der Waals surface area contributed by atoms with Crippen LogP contribution in [0, 0.1) is 0 Å². The summed E-state index contributed by atoms with van der Waals surface area (Å²) < 4.78 is 0. The van der Waals surface area contributed by atoms with E-state index in [0.29, 0.717) is 0 Å². The van der Waals surface area contributed by atoms with Crippen molar-refractivity contribution in [1.29, 1.82) is 0 Å². The molecule has 4 heteroatoms. The zero-order valence-electron chi connectivity index (χ0n) is 12.3. The molecule has 3 aromatic rings. The van der Waals surface area contributed by atoms with Gasteiger partial charge in [0.2, 0.25) is 0 Å². The Hall–Kier alpha value is -3.27. The van der Waals surface area contributed by atoms with E-state index in [4.69, 9.17) is 5.11 Å². The Labute approximate surface area is 133 Å². The van der Waals surface area contributed by atoms with Crippen molar-refractivity contribution >= 4 is 12.0 Å². The lowest BCUT2D eigenvalue weighted by molar-refractivity contribution is -0.131. The Bertz CT molecular complexity index is 844. The first kappa shape index (κ1) is 14.7. The Morgan fingerprint density at radius 3 is 2.04 bits per heavy atom. The summed E-state index contributed by atoms with van der Waals surface area (Å²) in [5.41, 5.74) is 4.90. The number of nitrogens with zero attached hydrogens (tertiary/aromatic N) is 2. The smallest absolute Gasteiger partial charge is 0.328 e. The average Bonchev–Trinajstić information content (AvgIpc) is 2.61. The van der Waals surface area contributed by atoms with E-state index >= 15 is 0 Å². The van der Waals surface area contributed by atoms with Gasteiger partial charge in [-0.25, -0.2) is 4.79 Å². The van der Waals surface area contributed by atoms with Gasteiger partial charge in [0.15, 0.2) is 0 Å². The lowest BCUT2D eigenvalue weighted by Crippen LogP contribution is -1.89. The van der Waals surface area contributed by atoms with Crippen molar-refractivity contribution in [2.45, 2.75) is 0 Å². The summed E-state index contributed by atoms with van der Waals surface area (Å²) in [5, 5.41) is 8.87. The number of aromatic nitrogens is 2. The molecule has 4 nitrogen and oxygen atoms in total. The SMILES string of the molecule is O=C(O)C=Cc1ccc(-c2ccncc2)cc1-c1ccncc1. The van der Waals surface area contributed by atoms with Crippen molar-refractivity contribution in [1.82, 2.24) is 9.97 Å². The predicted octanol–water partition coefficient (Wildman–Crippen LogP) is 3.91. The molecule has 0 bridgehead atoms. The fourth-order valence-electron chi connectivity index (χ4n) is 2.37. The first-order valence-electron chi connectivity index (χ1n) is 7.10. The van der Waals surface area contributed by atoms with Crippen LogP contribution in [0.3, 0.4) is 0 Å². The van der Waals surface area contributed by atoms with Crippen LogP contribution in [0.25, 0.3) is 28.3 Å². The molecule has 0 aliphatic carbocycles. The summed E-state index contributed by atoms with van der Waals surface area (Å²) in [5.74, 6) is -0.969. The summed E-state index contributed by atoms with van der Waals surface area (Å²) >= 11 is 0. The molecule has 0 amide bonds. The number of carboxylic acids is 1. The van der Waals surface area contributed by atoms with E-state index in [0.717, 1.165) is 33.9 Å². The van der Waals surface area contributed by atoms with E-state index in [1.54, 1.807) is 30.9 Å². The molecule has 1 aromatic carbocycles. The van der Waals surface area contributed by atoms with Gasteiger partial charge in [-0.2, -0.15) is 0 Å². The average molecular weight is 302 g/mol. The van der Waals surface area contributed by atoms with Gasteiger partial charge < -0.3 is 5.11 Å². The Morgan fingerprint density at radius 1 is 0.826 bits per heavy atom. The lowest BCUT2D eigenvalue weighted by atomic mass is 9.95. The molecule has 3 rings (SSSR count). The second-order valence-electron chi connectivity index (χ2n) is 4.95. The van der Waals surface area contributed by atoms with E-state index in [-0.39, 0.29) is 0 Å². The van der Waals surface area contributed by atoms with Crippen LogP contribution < -0.4 is 0 Å². The summed E-state index contributed by atoms with van der Waals surface area (Å²) in [6, 6.07) is 13.6. The number of pyridine rings is 2. The molecule has 0 aliphatic heterocycles. The van der Waals surface area contributed by atoms with Crippen molar-refractivity contribution in [3.63, 3.8) is 0 Å². The van der Waals surface area contributed by atoms with Crippen molar-refractivity contribution in [2.75, 3.05) is 0 Å². The summed E-state index contributed by atoms with van der Waals surface area (Å²) in [4.78, 5) is 18.9. The van der Waals surface area contributed by atoms with Gasteiger partial charge in [-0.3, -0.25) is 9.97 Å². The summed E-state index contributed by atoms with van der Waals surface area (Å²) in [6.07, 6.45) is 9.69. The van der Waals surface area contributed by atoms with Crippen LogP contribution in [0.15, 0.2) is 73.3 Å². The Balaban J connectivity index is 2.13. The van der Waals surface area contributed by atoms with Gasteiger partial charge in [-0.05, 0) is 64.2 Å². The van der Waals surface area contributed by atoms with Crippen molar-refractivity contribution in [3.05, 3.63) is 78.9 Å². The van der Waals surface area contributed by atoms with Gasteiger partial charge in [-0.15, -0.1) is 0 Å². The fraction of sp³-hybridized carbons (Fsp3) is 0. The number of carboxylic acid groups (broad SMARTS) is 1. The van der Waals surface area contributed by atoms with Crippen LogP contribution in [0.2, 0.25) is 0 Å². The quantitative estimate of drug-likeness (QED) is 0.742. The fourth-order valence-corrected chi connectivity index (χ4v) is 2.37. The standard InChI is InChI=1S/C19H14N2O2/c22-19(23)4-3-15-1-2-17(14-5-9-20-10-6-14)13-18(15)16-7-11-21-12-8-16/h1-13H,(H,22,23). The third-order valence-corrected chi connectivity index (χ3v) is 3.46. The molecular formula is C19H14N2O2. The number of rotatable bonds is 4. The maximum atomic E-state index is 10.8. The summed E-state index contributed by atoms with van der Waals surface area (Å²) in [6.45, 7) is 0. The predicted molar refractivity (Wildman–Crippen MR) is 89.6 cm³/mol. The molecule has 0 fully saturated rings. The molecule has 0 saturated carbocycles. The van der Waals surface area contributed by atoms with E-state index < -0.39 is 5.97 Å². The molecular weight excluding hydrogens is 288 g/mol. The van der Waals surface area contributed by atoms with Crippen LogP contribution in [0.5, 0.6) is 0 Å². The highest BCUT2D eigenvalue weighted by molar-refractivity contribution is 5.88. The minimum absolute atomic E-state index is 0.844. The molecule has 0 atom stereocenters. The second kappa shape index (κ2) is 6.66. The van der Waals surface area contributed by atoms with Gasteiger partial charge in [0.25, 0.3) is 0 Å². The van der Waals surface area contributed by atoms with Crippen LogP contribution in [0.1, 0.15) is 5.56 Å². The second-order valence-corrected chi connectivity index (χ2v) is 4.95. The maximum Gasteiger partial charge on any atom is 0.328 e. The number of hydrogen-bond donors (Lipinski definition) is 1. The zero-order chi connectivity index (χ0) is 16.1. The van der Waals surface area contributed by atoms with E-state index in [2.05, 4.69) is 9.97 Å². The molecule has 1 N–H and O–H groups in total. The van der Waals surface area contributed by atoms with Gasteiger partial charge in [-0.1, -0.05) is 12.1 Å². The summed E-state index contributed by atoms with van der Waals surface area (Å²) in [7, 11) is 0. The molecule has 23 heavy (non-hydrogen) atoms. The van der Waals surface area contributed by atoms with Crippen LogP contribution in [0.4, 0.5) is 0 Å². The zero-order valence-corrected chi connectivity index (χ0v) is 12.3. The first-order valence-corrected chi connectivity index (χ1v) is 7.10. The number of carbonyl (C=O) groups is 1. The van der Waals surface area contributed by atoms with Crippen LogP contribution >= 0.6 is 0 Å². The van der Waals surface area contributed by atoms with Gasteiger partial charge >= 0.3 is 5.97 Å². The van der Waals surface area contributed by atoms with Gasteiger partial charge in [0, 0.05) is 30.9 Å². The number of aliphatic carboxylic acids is 1. The minimum atomic E-state index is -0.969. The number of benzene rings is 1. The maximum absolute atomic E-state index is 10.8. The third-order valence-electron chi connectivity index (χ3n) is 3.46. The molecule has 0 unspecified atom stereocenters. The molecule has 2 heterocycles. The van der Waals surface area contributed by atoms with Gasteiger partial charge in [0.1, 0.15) is 0 Å². The minimum Gasteiger partial charge on any atom is -0.478 e. The van der Waals surface area contributed by atoms with E-state index in [1.807, 2.05) is 42.5 Å². The molecule has 0 aliphatic rings. The largest absolute Gasteiger partial charge is 0.478 e. The molecule has 2 aromatic heterocycles. The topological polar surface area (TPSA) is 63.1 Å². The van der Waals surface area contributed by atoms with Gasteiger partial charge in [0.05, 0.1) is 0 Å². The first-order chi connectivity index (χ1) is 11.2. The van der Waals surface area contributed by atoms with E-state index in [1.165, 1.54) is 0 Å². The number of hydrogen-bond acceptors (Lipinski definition) is 3. The molecule has 112 valence electrons. The van der Waals surface area contributed by atoms with Crippen molar-refractivity contribution in [3.8, 4) is 22.3 Å². The molecule has 0 radical (unpaired) electrons. The van der Waals surface area contributed by atoms with E-state index in [9.17, 15) is 4.79 Å². The van der Waals surface area contributed by atoms with Crippen molar-refractivity contribution < 1.29 is 9.90 Å². The van der Waals surface area contributed by atoms with Crippen LogP contribution in [-0.2, 0) is 4.79 Å². The lowest BCUT2D eigenvalue weighted by Gasteiger charge is -2.10. The Morgan fingerprint density at radius 2 is 1.43 bits per heavy atom. The highest BCUT2D eigenvalue weighted by Gasteiger charge is 2.06. The third kappa shape index (κ3) is 3.49. The highest BCUT2D eigenvalue weighted by atomic mass is 16.4. The monoisotopic (exact) mass is 302 g/mol. The van der Waals surface area contributed by atoms with Crippen LogP contribution in [-0.4, -0.2) is 21.0 Å². The Kier molecular flexibility index (Phi) is 4.25. The molecule has 0 spiro atoms. The highest BCUT2D eigenvalue weighted by Crippen LogP contribution is 2.30. The normalized spacial score (nSPS) is 10.8.